The summed E-state index contributed by atoms with van der Waals surface area (Å²) in [6.45, 7) is 2.76. The van der Waals surface area contributed by atoms with Gasteiger partial charge >= 0.3 is 0 Å². The SMILES string of the molecule is CN1CC(C)(c2ccc(Cl)cc2)C1=O. The molecule has 0 spiro atoms. The van der Waals surface area contributed by atoms with E-state index in [1.165, 1.54) is 0 Å². The number of rotatable bonds is 1. The van der Waals surface area contributed by atoms with Crippen molar-refractivity contribution in [2.24, 2.45) is 0 Å². The number of β-lactam (4-membered cyclic amide) rings is 1. The first-order valence-electron chi connectivity index (χ1n) is 4.56. The molecule has 1 heterocycles. The summed E-state index contributed by atoms with van der Waals surface area (Å²) in [6.07, 6.45) is 0. The van der Waals surface area contributed by atoms with Gasteiger partial charge in [0.05, 0.1) is 5.41 Å². The monoisotopic (exact) mass is 209 g/mol. The Labute approximate surface area is 88.5 Å². The Balaban J connectivity index is 2.32. The highest BCUT2D eigenvalue weighted by molar-refractivity contribution is 6.30. The Morgan fingerprint density at radius 2 is 1.93 bits per heavy atom. The molecule has 3 heteroatoms. The molecule has 1 aromatic rings. The third kappa shape index (κ3) is 1.22. The lowest BCUT2D eigenvalue weighted by Gasteiger charge is -2.45. The van der Waals surface area contributed by atoms with Gasteiger partial charge in [0.15, 0.2) is 0 Å². The lowest BCUT2D eigenvalue weighted by atomic mass is 9.75. The van der Waals surface area contributed by atoms with Crippen molar-refractivity contribution in [2.75, 3.05) is 13.6 Å². The molecule has 1 unspecified atom stereocenters. The molecule has 1 aliphatic heterocycles. The van der Waals surface area contributed by atoms with Crippen molar-refractivity contribution in [3.8, 4) is 0 Å². The van der Waals surface area contributed by atoms with Crippen molar-refractivity contribution in [2.45, 2.75) is 12.3 Å². The maximum absolute atomic E-state index is 11.7. The van der Waals surface area contributed by atoms with E-state index in [4.69, 9.17) is 11.6 Å². The second-order valence-electron chi connectivity index (χ2n) is 4.00. The van der Waals surface area contributed by atoms with Gasteiger partial charge < -0.3 is 4.90 Å². The fourth-order valence-electron chi connectivity index (χ4n) is 1.98. The molecule has 1 amide bonds. The summed E-state index contributed by atoms with van der Waals surface area (Å²) in [6, 6.07) is 7.50. The van der Waals surface area contributed by atoms with Gasteiger partial charge in [-0.1, -0.05) is 23.7 Å². The van der Waals surface area contributed by atoms with E-state index in [2.05, 4.69) is 0 Å². The summed E-state index contributed by atoms with van der Waals surface area (Å²) in [5, 5.41) is 0.706. The maximum atomic E-state index is 11.7. The minimum atomic E-state index is -0.334. The molecule has 1 fully saturated rings. The second kappa shape index (κ2) is 2.99. The molecule has 74 valence electrons. The zero-order chi connectivity index (χ0) is 10.3. The summed E-state index contributed by atoms with van der Waals surface area (Å²) in [7, 11) is 1.82. The van der Waals surface area contributed by atoms with Crippen LogP contribution in [0.5, 0.6) is 0 Å². The Hall–Kier alpha value is -1.02. The number of hydrogen-bond donors (Lipinski definition) is 0. The number of benzene rings is 1. The van der Waals surface area contributed by atoms with Gasteiger partial charge in [-0.3, -0.25) is 4.79 Å². The van der Waals surface area contributed by atoms with Crippen molar-refractivity contribution >= 4 is 17.5 Å². The molecule has 0 aromatic heterocycles. The van der Waals surface area contributed by atoms with E-state index >= 15 is 0 Å². The molecule has 2 rings (SSSR count). The standard InChI is InChI=1S/C11H12ClNO/c1-11(7-13(2)10(11)14)8-3-5-9(12)6-4-8/h3-6H,7H2,1-2H3. The first-order valence-corrected chi connectivity index (χ1v) is 4.93. The normalized spacial score (nSPS) is 26.2. The van der Waals surface area contributed by atoms with E-state index in [0.29, 0.717) is 5.02 Å². The Morgan fingerprint density at radius 3 is 2.36 bits per heavy atom. The van der Waals surface area contributed by atoms with Crippen LogP contribution in [0.1, 0.15) is 12.5 Å². The van der Waals surface area contributed by atoms with Crippen LogP contribution in [0.25, 0.3) is 0 Å². The van der Waals surface area contributed by atoms with Crippen LogP contribution in [-0.4, -0.2) is 24.4 Å². The maximum Gasteiger partial charge on any atom is 0.234 e. The predicted octanol–water partition coefficient (Wildman–Crippen LogP) is 2.07. The van der Waals surface area contributed by atoms with Crippen LogP contribution in [0.15, 0.2) is 24.3 Å². The van der Waals surface area contributed by atoms with Gasteiger partial charge in [-0.15, -0.1) is 0 Å². The number of hydrogen-bond acceptors (Lipinski definition) is 1. The molecular weight excluding hydrogens is 198 g/mol. The van der Waals surface area contributed by atoms with E-state index in [9.17, 15) is 4.79 Å². The van der Waals surface area contributed by atoms with Gasteiger partial charge in [-0.05, 0) is 24.6 Å². The number of halogens is 1. The van der Waals surface area contributed by atoms with Gasteiger partial charge in [0.1, 0.15) is 0 Å². The Morgan fingerprint density at radius 1 is 1.36 bits per heavy atom. The largest absolute Gasteiger partial charge is 0.344 e. The fraction of sp³-hybridized carbons (Fsp3) is 0.364. The zero-order valence-corrected chi connectivity index (χ0v) is 9.01. The van der Waals surface area contributed by atoms with E-state index < -0.39 is 0 Å². The quantitative estimate of drug-likeness (QED) is 0.649. The minimum absolute atomic E-state index is 0.180. The van der Waals surface area contributed by atoms with Crippen molar-refractivity contribution in [3.63, 3.8) is 0 Å². The average Bonchev–Trinajstić information content (AvgIpc) is 2.18. The van der Waals surface area contributed by atoms with Crippen LogP contribution in [0.2, 0.25) is 5.02 Å². The molecule has 14 heavy (non-hydrogen) atoms. The molecule has 0 bridgehead atoms. The Bertz CT molecular complexity index is 373. The van der Waals surface area contributed by atoms with Crippen molar-refractivity contribution < 1.29 is 4.79 Å². The number of likely N-dealkylation sites (tertiary alicyclic amines) is 1. The van der Waals surface area contributed by atoms with E-state index in [-0.39, 0.29) is 11.3 Å². The van der Waals surface area contributed by atoms with E-state index in [1.807, 2.05) is 38.2 Å². The van der Waals surface area contributed by atoms with Gasteiger partial charge in [-0.25, -0.2) is 0 Å². The molecule has 2 nitrogen and oxygen atoms in total. The van der Waals surface area contributed by atoms with Gasteiger partial charge in [0, 0.05) is 18.6 Å². The number of amides is 1. The number of carbonyl (C=O) groups excluding carboxylic acids is 1. The van der Waals surface area contributed by atoms with Crippen LogP contribution in [0.3, 0.4) is 0 Å². The Kier molecular flexibility index (Phi) is 2.04. The molecule has 1 atom stereocenters. The van der Waals surface area contributed by atoms with Gasteiger partial charge in [-0.2, -0.15) is 0 Å². The smallest absolute Gasteiger partial charge is 0.234 e. The summed E-state index contributed by atoms with van der Waals surface area (Å²) in [5.41, 5.74) is 0.712. The molecule has 1 saturated heterocycles. The van der Waals surface area contributed by atoms with Crippen molar-refractivity contribution in [1.82, 2.24) is 4.90 Å². The van der Waals surface area contributed by atoms with E-state index in [0.717, 1.165) is 12.1 Å². The summed E-state index contributed by atoms with van der Waals surface area (Å²) in [5.74, 6) is 0.180. The molecule has 0 radical (unpaired) electrons. The van der Waals surface area contributed by atoms with Crippen LogP contribution in [-0.2, 0) is 10.2 Å². The van der Waals surface area contributed by atoms with Crippen molar-refractivity contribution in [1.29, 1.82) is 0 Å². The highest BCUT2D eigenvalue weighted by Crippen LogP contribution is 2.34. The molecular formula is C11H12ClNO. The number of carbonyl (C=O) groups is 1. The molecule has 0 aliphatic carbocycles. The highest BCUT2D eigenvalue weighted by atomic mass is 35.5. The van der Waals surface area contributed by atoms with Crippen LogP contribution < -0.4 is 0 Å². The first-order chi connectivity index (χ1) is 6.54. The molecule has 0 saturated carbocycles. The van der Waals surface area contributed by atoms with Crippen molar-refractivity contribution in [3.05, 3.63) is 34.9 Å². The lowest BCUT2D eigenvalue weighted by Crippen LogP contribution is -2.60. The van der Waals surface area contributed by atoms with Gasteiger partial charge in [0.25, 0.3) is 0 Å². The number of likely N-dealkylation sites (N-methyl/N-ethyl adjacent to an activating group) is 1. The average molecular weight is 210 g/mol. The predicted molar refractivity (Wildman–Crippen MR) is 56.4 cm³/mol. The zero-order valence-electron chi connectivity index (χ0n) is 8.25. The first kappa shape index (κ1) is 9.53. The third-order valence-corrected chi connectivity index (χ3v) is 3.11. The third-order valence-electron chi connectivity index (χ3n) is 2.85. The minimum Gasteiger partial charge on any atom is -0.344 e. The lowest BCUT2D eigenvalue weighted by molar-refractivity contribution is -0.147. The summed E-state index contributed by atoms with van der Waals surface area (Å²) >= 11 is 5.79. The highest BCUT2D eigenvalue weighted by Gasteiger charge is 2.47. The fourth-order valence-corrected chi connectivity index (χ4v) is 2.10. The summed E-state index contributed by atoms with van der Waals surface area (Å²) in [4.78, 5) is 13.4. The topological polar surface area (TPSA) is 20.3 Å². The summed E-state index contributed by atoms with van der Waals surface area (Å²) < 4.78 is 0. The van der Waals surface area contributed by atoms with Crippen LogP contribution in [0.4, 0.5) is 0 Å². The molecule has 0 N–H and O–H groups in total. The molecule has 1 aromatic carbocycles. The number of nitrogens with zero attached hydrogens (tertiary/aromatic N) is 1. The molecule has 1 aliphatic rings. The second-order valence-corrected chi connectivity index (χ2v) is 4.44. The van der Waals surface area contributed by atoms with Crippen LogP contribution in [0, 0.1) is 0 Å². The van der Waals surface area contributed by atoms with Crippen LogP contribution >= 0.6 is 11.6 Å². The van der Waals surface area contributed by atoms with Gasteiger partial charge in [0.2, 0.25) is 5.91 Å². The van der Waals surface area contributed by atoms with E-state index in [1.54, 1.807) is 4.90 Å².